The van der Waals surface area contributed by atoms with Gasteiger partial charge >= 0.3 is 0 Å². The highest BCUT2D eigenvalue weighted by molar-refractivity contribution is 6.03. The third-order valence-electron chi connectivity index (χ3n) is 2.78. The molecule has 5 heteroatoms. The van der Waals surface area contributed by atoms with Gasteiger partial charge in [0.2, 0.25) is 17.5 Å². The van der Waals surface area contributed by atoms with Gasteiger partial charge in [-0.25, -0.2) is 0 Å². The minimum Gasteiger partial charge on any atom is -0.501 e. The van der Waals surface area contributed by atoms with Crippen LogP contribution in [0.5, 0.6) is 0 Å². The highest BCUT2D eigenvalue weighted by Gasteiger charge is 2.48. The lowest BCUT2D eigenvalue weighted by Crippen LogP contribution is -2.31. The van der Waals surface area contributed by atoms with Gasteiger partial charge in [0.05, 0.1) is 0 Å². The van der Waals surface area contributed by atoms with E-state index in [-0.39, 0.29) is 5.88 Å². The first kappa shape index (κ1) is 12.2. The predicted molar refractivity (Wildman–Crippen MR) is 63.4 cm³/mol. The molecule has 1 aromatic carbocycles. The Morgan fingerprint density at radius 2 is 1.94 bits per heavy atom. The van der Waals surface area contributed by atoms with Crippen molar-refractivity contribution in [2.75, 3.05) is 0 Å². The van der Waals surface area contributed by atoms with Crippen molar-refractivity contribution in [3.63, 3.8) is 0 Å². The maximum atomic E-state index is 12.0. The molecule has 0 aliphatic carbocycles. The van der Waals surface area contributed by atoms with Crippen molar-refractivity contribution in [2.24, 2.45) is 0 Å². The normalized spacial score (nSPS) is 22.9. The molecule has 0 saturated heterocycles. The van der Waals surface area contributed by atoms with Crippen LogP contribution in [0, 0.1) is 0 Å². The summed E-state index contributed by atoms with van der Waals surface area (Å²) in [6, 6.07) is 8.80. The van der Waals surface area contributed by atoms with E-state index in [2.05, 4.69) is 5.32 Å². The number of carbonyl (C=O) groups is 2. The lowest BCUT2D eigenvalue weighted by Gasteiger charge is -2.23. The van der Waals surface area contributed by atoms with Gasteiger partial charge in [-0.05, 0) is 6.92 Å². The summed E-state index contributed by atoms with van der Waals surface area (Å²) in [4.78, 5) is 23.0. The van der Waals surface area contributed by atoms with Crippen molar-refractivity contribution < 1.29 is 19.4 Å². The fourth-order valence-electron chi connectivity index (χ4n) is 1.82. The number of nitrogens with one attached hydrogen (secondary N) is 1. The molecule has 1 aliphatic rings. The van der Waals surface area contributed by atoms with E-state index in [0.717, 1.165) is 0 Å². The molecule has 0 saturated carbocycles. The van der Waals surface area contributed by atoms with Gasteiger partial charge in [-0.3, -0.25) is 14.9 Å². The molecular weight excluding hydrogens is 234 g/mol. The Balaban J connectivity index is 2.36. The molecule has 0 aromatic heterocycles. The first-order valence-electron chi connectivity index (χ1n) is 5.45. The summed E-state index contributed by atoms with van der Waals surface area (Å²) in [6.07, 6.45) is 0. The third kappa shape index (κ3) is 1.84. The highest BCUT2D eigenvalue weighted by Crippen LogP contribution is 2.36. The zero-order valence-electron chi connectivity index (χ0n) is 10.1. The van der Waals surface area contributed by atoms with Crippen LogP contribution < -0.4 is 5.32 Å². The molecule has 1 aromatic rings. The monoisotopic (exact) mass is 247 g/mol. The summed E-state index contributed by atoms with van der Waals surface area (Å²) in [5.41, 5.74) is -0.690. The molecule has 1 aliphatic heterocycles. The van der Waals surface area contributed by atoms with Crippen LogP contribution in [-0.2, 0) is 19.9 Å². The molecule has 2 rings (SSSR count). The van der Waals surface area contributed by atoms with E-state index in [1.165, 1.54) is 6.92 Å². The van der Waals surface area contributed by atoms with E-state index in [0.29, 0.717) is 5.56 Å². The van der Waals surface area contributed by atoms with Crippen LogP contribution in [0.2, 0.25) is 0 Å². The van der Waals surface area contributed by atoms with Gasteiger partial charge in [0, 0.05) is 12.5 Å². The second-order valence-electron chi connectivity index (χ2n) is 4.19. The van der Waals surface area contributed by atoms with Crippen LogP contribution in [0.1, 0.15) is 19.4 Å². The average Bonchev–Trinajstić information content (AvgIpc) is 2.56. The van der Waals surface area contributed by atoms with E-state index < -0.39 is 23.1 Å². The standard InChI is InChI=1S/C13H13NO4/c1-8(15)14-12-10(16)11(17)13(2,18-12)9-6-4-3-5-7-9/h3-7,16H,1-2H3,(H,14,15). The average molecular weight is 247 g/mol. The van der Waals surface area contributed by atoms with Crippen LogP contribution in [0.25, 0.3) is 0 Å². The van der Waals surface area contributed by atoms with Crippen molar-refractivity contribution in [3.8, 4) is 0 Å². The molecular formula is C13H13NO4. The number of rotatable bonds is 2. The largest absolute Gasteiger partial charge is 0.501 e. The zero-order chi connectivity index (χ0) is 13.3. The maximum absolute atomic E-state index is 12.0. The van der Waals surface area contributed by atoms with E-state index in [4.69, 9.17) is 4.74 Å². The molecule has 94 valence electrons. The number of ketones is 1. The lowest BCUT2D eigenvalue weighted by molar-refractivity contribution is -0.132. The number of hydrogen-bond donors (Lipinski definition) is 2. The molecule has 5 nitrogen and oxygen atoms in total. The van der Waals surface area contributed by atoms with Crippen molar-refractivity contribution in [1.29, 1.82) is 0 Å². The molecule has 1 unspecified atom stereocenters. The van der Waals surface area contributed by atoms with Gasteiger partial charge < -0.3 is 9.84 Å². The van der Waals surface area contributed by atoms with Crippen molar-refractivity contribution in [1.82, 2.24) is 5.32 Å². The van der Waals surface area contributed by atoms with Gasteiger partial charge in [0.15, 0.2) is 5.60 Å². The second kappa shape index (κ2) is 4.18. The Hall–Kier alpha value is -2.30. The summed E-state index contributed by atoms with van der Waals surface area (Å²) in [6.45, 7) is 2.82. The number of amides is 1. The van der Waals surface area contributed by atoms with Gasteiger partial charge in [-0.1, -0.05) is 30.3 Å². The molecule has 0 bridgehead atoms. The quantitative estimate of drug-likeness (QED) is 0.827. The number of ether oxygens (including phenoxy) is 1. The second-order valence-corrected chi connectivity index (χ2v) is 4.19. The molecule has 2 N–H and O–H groups in total. The maximum Gasteiger partial charge on any atom is 0.250 e. The summed E-state index contributed by atoms with van der Waals surface area (Å²) in [5.74, 6) is -1.74. The van der Waals surface area contributed by atoms with E-state index in [9.17, 15) is 14.7 Å². The Labute approximate surface area is 104 Å². The van der Waals surface area contributed by atoms with E-state index in [1.54, 1.807) is 31.2 Å². The van der Waals surface area contributed by atoms with Gasteiger partial charge in [0.25, 0.3) is 5.78 Å². The van der Waals surface area contributed by atoms with Crippen LogP contribution >= 0.6 is 0 Å². The van der Waals surface area contributed by atoms with Crippen LogP contribution in [0.3, 0.4) is 0 Å². The van der Waals surface area contributed by atoms with E-state index in [1.807, 2.05) is 6.07 Å². The van der Waals surface area contributed by atoms with Gasteiger partial charge in [-0.15, -0.1) is 0 Å². The highest BCUT2D eigenvalue weighted by atomic mass is 16.5. The SMILES string of the molecule is CC(=O)NC1=C(O)C(=O)C(C)(c2ccccc2)O1. The van der Waals surface area contributed by atoms with Crippen LogP contribution in [-0.4, -0.2) is 16.8 Å². The van der Waals surface area contributed by atoms with Gasteiger partial charge in [0.1, 0.15) is 0 Å². The third-order valence-corrected chi connectivity index (χ3v) is 2.78. The fraction of sp³-hybridized carbons (Fsp3) is 0.231. The van der Waals surface area contributed by atoms with Crippen molar-refractivity contribution in [2.45, 2.75) is 19.4 Å². The molecule has 1 heterocycles. The zero-order valence-corrected chi connectivity index (χ0v) is 10.1. The summed E-state index contributed by atoms with van der Waals surface area (Å²) in [5, 5.41) is 12.0. The summed E-state index contributed by atoms with van der Waals surface area (Å²) >= 11 is 0. The summed E-state index contributed by atoms with van der Waals surface area (Å²) in [7, 11) is 0. The first-order valence-corrected chi connectivity index (χ1v) is 5.45. The van der Waals surface area contributed by atoms with Crippen molar-refractivity contribution >= 4 is 11.7 Å². The number of Topliss-reactive ketones (excluding diaryl/α,β-unsaturated/α-hetero) is 1. The number of carbonyl (C=O) groups excluding carboxylic acids is 2. The van der Waals surface area contributed by atoms with E-state index >= 15 is 0 Å². The predicted octanol–water partition coefficient (Wildman–Crippen LogP) is 1.36. The number of hydrogen-bond acceptors (Lipinski definition) is 4. The number of benzene rings is 1. The number of aliphatic hydroxyl groups excluding tert-OH is 1. The van der Waals surface area contributed by atoms with Crippen molar-refractivity contribution in [3.05, 3.63) is 47.5 Å². The molecule has 0 fully saturated rings. The Bertz CT molecular complexity index is 535. The topological polar surface area (TPSA) is 75.6 Å². The van der Waals surface area contributed by atoms with Gasteiger partial charge in [-0.2, -0.15) is 0 Å². The smallest absolute Gasteiger partial charge is 0.250 e. The minimum absolute atomic E-state index is 0.196. The Morgan fingerprint density at radius 1 is 1.33 bits per heavy atom. The minimum atomic E-state index is -1.30. The van der Waals surface area contributed by atoms with Crippen LogP contribution in [0.4, 0.5) is 0 Å². The molecule has 1 amide bonds. The lowest BCUT2D eigenvalue weighted by atomic mass is 9.92. The Kier molecular flexibility index (Phi) is 2.82. The molecule has 0 radical (unpaired) electrons. The first-order chi connectivity index (χ1) is 8.45. The molecule has 0 spiro atoms. The summed E-state index contributed by atoms with van der Waals surface area (Å²) < 4.78 is 5.42. The fourth-order valence-corrected chi connectivity index (χ4v) is 1.82. The molecule has 1 atom stereocenters. The Morgan fingerprint density at radius 3 is 2.50 bits per heavy atom. The number of aliphatic hydroxyl groups is 1. The van der Waals surface area contributed by atoms with Crippen LogP contribution in [0.15, 0.2) is 42.0 Å². The molecule has 18 heavy (non-hydrogen) atoms.